The highest BCUT2D eigenvalue weighted by molar-refractivity contribution is 5.76. The van der Waals surface area contributed by atoms with Crippen molar-refractivity contribution in [3.63, 3.8) is 0 Å². The lowest BCUT2D eigenvalue weighted by molar-refractivity contribution is -0.121. The van der Waals surface area contributed by atoms with E-state index in [1.165, 1.54) is 0 Å². The SMILES string of the molecule is C[C@@H](O)c1cccc(OCCC(=O)NC2CC2)c1. The van der Waals surface area contributed by atoms with Crippen molar-refractivity contribution in [3.8, 4) is 5.75 Å². The van der Waals surface area contributed by atoms with Crippen LogP contribution in [0.1, 0.15) is 37.9 Å². The number of rotatable bonds is 6. The number of amides is 1. The van der Waals surface area contributed by atoms with Gasteiger partial charge in [-0.25, -0.2) is 0 Å². The van der Waals surface area contributed by atoms with Gasteiger partial charge in [-0.1, -0.05) is 12.1 Å². The smallest absolute Gasteiger partial charge is 0.223 e. The molecule has 0 radical (unpaired) electrons. The lowest BCUT2D eigenvalue weighted by Crippen LogP contribution is -2.26. The molecule has 1 atom stereocenters. The fourth-order valence-electron chi connectivity index (χ4n) is 1.65. The van der Waals surface area contributed by atoms with Crippen LogP contribution in [0.25, 0.3) is 0 Å². The third-order valence-electron chi connectivity index (χ3n) is 2.88. The summed E-state index contributed by atoms with van der Waals surface area (Å²) in [4.78, 5) is 11.4. The molecular formula is C14H19NO3. The lowest BCUT2D eigenvalue weighted by Gasteiger charge is -2.09. The average Bonchev–Trinajstić information content (AvgIpc) is 3.13. The number of benzene rings is 1. The van der Waals surface area contributed by atoms with Crippen molar-refractivity contribution in [1.82, 2.24) is 5.32 Å². The van der Waals surface area contributed by atoms with Crippen LogP contribution in [0.5, 0.6) is 5.75 Å². The van der Waals surface area contributed by atoms with E-state index in [1.54, 1.807) is 13.0 Å². The van der Waals surface area contributed by atoms with Crippen LogP contribution in [-0.4, -0.2) is 23.7 Å². The Balaban J connectivity index is 1.75. The van der Waals surface area contributed by atoms with Crippen molar-refractivity contribution >= 4 is 5.91 Å². The molecule has 2 N–H and O–H groups in total. The van der Waals surface area contributed by atoms with Gasteiger partial charge in [0.25, 0.3) is 0 Å². The first-order valence-electron chi connectivity index (χ1n) is 6.35. The van der Waals surface area contributed by atoms with Gasteiger partial charge in [-0.2, -0.15) is 0 Å². The number of nitrogens with one attached hydrogen (secondary N) is 1. The molecule has 0 saturated heterocycles. The molecule has 98 valence electrons. The van der Waals surface area contributed by atoms with Crippen molar-refractivity contribution in [2.24, 2.45) is 0 Å². The molecule has 1 amide bonds. The lowest BCUT2D eigenvalue weighted by atomic mass is 10.1. The first kappa shape index (κ1) is 12.9. The zero-order valence-electron chi connectivity index (χ0n) is 10.6. The number of carbonyl (C=O) groups is 1. The highest BCUT2D eigenvalue weighted by Gasteiger charge is 2.22. The zero-order chi connectivity index (χ0) is 13.0. The first-order chi connectivity index (χ1) is 8.65. The summed E-state index contributed by atoms with van der Waals surface area (Å²) >= 11 is 0. The normalized spacial score (nSPS) is 16.1. The first-order valence-corrected chi connectivity index (χ1v) is 6.35. The van der Waals surface area contributed by atoms with Crippen LogP contribution in [0.3, 0.4) is 0 Å². The Bertz CT molecular complexity index is 413. The molecule has 0 bridgehead atoms. The molecule has 0 aliphatic heterocycles. The van der Waals surface area contributed by atoms with Crippen molar-refractivity contribution < 1.29 is 14.6 Å². The number of ether oxygens (including phenoxy) is 1. The van der Waals surface area contributed by atoms with Crippen LogP contribution < -0.4 is 10.1 Å². The Hall–Kier alpha value is -1.55. The fourth-order valence-corrected chi connectivity index (χ4v) is 1.65. The average molecular weight is 249 g/mol. The third kappa shape index (κ3) is 4.04. The minimum Gasteiger partial charge on any atom is -0.493 e. The van der Waals surface area contributed by atoms with E-state index in [0.29, 0.717) is 24.8 Å². The third-order valence-corrected chi connectivity index (χ3v) is 2.88. The number of aliphatic hydroxyl groups is 1. The van der Waals surface area contributed by atoms with Gasteiger partial charge in [0, 0.05) is 6.04 Å². The van der Waals surface area contributed by atoms with Gasteiger partial charge in [-0.05, 0) is 37.5 Å². The summed E-state index contributed by atoms with van der Waals surface area (Å²) in [6, 6.07) is 7.70. The van der Waals surface area contributed by atoms with Crippen LogP contribution in [0.15, 0.2) is 24.3 Å². The largest absolute Gasteiger partial charge is 0.493 e. The Morgan fingerprint density at radius 2 is 2.33 bits per heavy atom. The summed E-state index contributed by atoms with van der Waals surface area (Å²) in [6.07, 6.45) is 2.06. The monoisotopic (exact) mass is 249 g/mol. The predicted molar refractivity (Wildman–Crippen MR) is 68.4 cm³/mol. The molecule has 4 heteroatoms. The molecule has 4 nitrogen and oxygen atoms in total. The standard InChI is InChI=1S/C14H19NO3/c1-10(16)11-3-2-4-13(9-11)18-8-7-14(17)15-12-5-6-12/h2-4,9-10,12,16H,5-8H2,1H3,(H,15,17)/t10-/m1/s1. The number of hydrogen-bond donors (Lipinski definition) is 2. The molecule has 1 saturated carbocycles. The van der Waals surface area contributed by atoms with Gasteiger partial charge in [-0.15, -0.1) is 0 Å². The van der Waals surface area contributed by atoms with E-state index in [-0.39, 0.29) is 5.91 Å². The molecule has 0 aromatic heterocycles. The van der Waals surface area contributed by atoms with E-state index in [9.17, 15) is 9.90 Å². The maximum atomic E-state index is 11.4. The van der Waals surface area contributed by atoms with Gasteiger partial charge in [0.05, 0.1) is 19.1 Å². The van der Waals surface area contributed by atoms with Crippen LogP contribution in [-0.2, 0) is 4.79 Å². The van der Waals surface area contributed by atoms with Crippen LogP contribution >= 0.6 is 0 Å². The minimum atomic E-state index is -0.508. The summed E-state index contributed by atoms with van der Waals surface area (Å²) < 4.78 is 5.50. The zero-order valence-corrected chi connectivity index (χ0v) is 10.6. The molecular weight excluding hydrogens is 230 g/mol. The molecule has 18 heavy (non-hydrogen) atoms. The highest BCUT2D eigenvalue weighted by atomic mass is 16.5. The van der Waals surface area contributed by atoms with Crippen LogP contribution in [0.4, 0.5) is 0 Å². The molecule has 1 aromatic carbocycles. The van der Waals surface area contributed by atoms with Gasteiger partial charge in [0.15, 0.2) is 0 Å². The second kappa shape index (κ2) is 5.87. The van der Waals surface area contributed by atoms with Crippen molar-refractivity contribution in [1.29, 1.82) is 0 Å². The number of aliphatic hydroxyl groups excluding tert-OH is 1. The summed E-state index contributed by atoms with van der Waals surface area (Å²) in [5.41, 5.74) is 0.815. The predicted octanol–water partition coefficient (Wildman–Crippen LogP) is 1.79. The van der Waals surface area contributed by atoms with Gasteiger partial charge in [-0.3, -0.25) is 4.79 Å². The van der Waals surface area contributed by atoms with Crippen molar-refractivity contribution in [2.75, 3.05) is 6.61 Å². The minimum absolute atomic E-state index is 0.0455. The molecule has 1 aromatic rings. The number of hydrogen-bond acceptors (Lipinski definition) is 3. The molecule has 1 fully saturated rings. The van der Waals surface area contributed by atoms with Crippen LogP contribution in [0, 0.1) is 0 Å². The summed E-state index contributed by atoms with van der Waals surface area (Å²) in [7, 11) is 0. The van der Waals surface area contributed by atoms with Gasteiger partial charge in [0.2, 0.25) is 5.91 Å². The van der Waals surface area contributed by atoms with E-state index in [4.69, 9.17) is 4.74 Å². The Morgan fingerprint density at radius 1 is 1.56 bits per heavy atom. The topological polar surface area (TPSA) is 58.6 Å². The second-order valence-electron chi connectivity index (χ2n) is 4.69. The quantitative estimate of drug-likeness (QED) is 0.808. The van der Waals surface area contributed by atoms with E-state index < -0.39 is 6.10 Å². The Labute approximate surface area is 107 Å². The Kier molecular flexibility index (Phi) is 4.20. The fraction of sp³-hybridized carbons (Fsp3) is 0.500. The van der Waals surface area contributed by atoms with E-state index in [1.807, 2.05) is 18.2 Å². The maximum absolute atomic E-state index is 11.4. The van der Waals surface area contributed by atoms with Gasteiger partial charge >= 0.3 is 0 Å². The molecule has 1 aliphatic carbocycles. The summed E-state index contributed by atoms with van der Waals surface area (Å²) in [5, 5.41) is 12.4. The van der Waals surface area contributed by atoms with Crippen molar-refractivity contribution in [2.45, 2.75) is 38.3 Å². The summed E-state index contributed by atoms with van der Waals surface area (Å²) in [6.45, 7) is 2.07. The maximum Gasteiger partial charge on any atom is 0.223 e. The van der Waals surface area contributed by atoms with E-state index in [2.05, 4.69) is 5.32 Å². The van der Waals surface area contributed by atoms with E-state index in [0.717, 1.165) is 18.4 Å². The van der Waals surface area contributed by atoms with E-state index >= 15 is 0 Å². The molecule has 1 aliphatic rings. The Morgan fingerprint density at radius 3 is 3.00 bits per heavy atom. The summed E-state index contributed by atoms with van der Waals surface area (Å²) in [5.74, 6) is 0.733. The van der Waals surface area contributed by atoms with Crippen molar-refractivity contribution in [3.05, 3.63) is 29.8 Å². The van der Waals surface area contributed by atoms with Gasteiger partial charge in [0.1, 0.15) is 5.75 Å². The molecule has 0 unspecified atom stereocenters. The molecule has 2 rings (SSSR count). The van der Waals surface area contributed by atoms with Gasteiger partial charge < -0.3 is 15.2 Å². The van der Waals surface area contributed by atoms with Crippen LogP contribution in [0.2, 0.25) is 0 Å². The molecule has 0 heterocycles. The highest BCUT2D eigenvalue weighted by Crippen LogP contribution is 2.20. The molecule has 0 spiro atoms. The number of carbonyl (C=O) groups excluding carboxylic acids is 1. The second-order valence-corrected chi connectivity index (χ2v) is 4.69.